The van der Waals surface area contributed by atoms with Crippen molar-refractivity contribution in [2.75, 3.05) is 16.8 Å². The predicted molar refractivity (Wildman–Crippen MR) is 111 cm³/mol. The minimum Gasteiger partial charge on any atom is -0.351 e. The van der Waals surface area contributed by atoms with Crippen LogP contribution in [0.4, 0.5) is 29.3 Å². The molecule has 1 aliphatic rings. The summed E-state index contributed by atoms with van der Waals surface area (Å²) in [7, 11) is 0. The first-order valence-electron chi connectivity index (χ1n) is 10.2. The molecule has 3 heterocycles. The van der Waals surface area contributed by atoms with E-state index in [-0.39, 0.29) is 18.6 Å². The van der Waals surface area contributed by atoms with Gasteiger partial charge in [-0.25, -0.2) is 27.5 Å². The Labute approximate surface area is 186 Å². The van der Waals surface area contributed by atoms with Crippen molar-refractivity contribution in [2.45, 2.75) is 44.9 Å². The van der Waals surface area contributed by atoms with Gasteiger partial charge in [-0.2, -0.15) is 4.98 Å². The lowest BCUT2D eigenvalue weighted by Crippen LogP contribution is -2.42. The number of aliphatic hydroxyl groups is 1. The van der Waals surface area contributed by atoms with Gasteiger partial charge in [0.2, 0.25) is 12.4 Å². The van der Waals surface area contributed by atoms with E-state index in [1.807, 2.05) is 0 Å². The Morgan fingerprint density at radius 1 is 1.18 bits per heavy atom. The second-order valence-electron chi connectivity index (χ2n) is 7.63. The first-order valence-corrected chi connectivity index (χ1v) is 10.2. The standard InChI is InChI=1S/C21H22F4N6O2/c1-11(22)17-9-33-21(32)31(17)18-5-6-26-20(29-18)28-12(2)16-8-30(10-27-16)13-3-4-14(19(24)25)15(23)7-13/h3-8,10-12,17,19,21,32H,9H2,1-2H3,(H,26,28,29)/t11-,12-,17+,21?/m0/s1. The van der Waals surface area contributed by atoms with Crippen molar-refractivity contribution in [3.8, 4) is 5.69 Å². The van der Waals surface area contributed by atoms with Crippen molar-refractivity contribution in [1.29, 1.82) is 0 Å². The molecule has 3 aromatic rings. The number of alkyl halides is 3. The Kier molecular flexibility index (Phi) is 6.47. The molecule has 0 aliphatic carbocycles. The normalized spacial score (nSPS) is 20.3. The van der Waals surface area contributed by atoms with E-state index in [4.69, 9.17) is 4.74 Å². The molecule has 1 aliphatic heterocycles. The molecule has 0 bridgehead atoms. The summed E-state index contributed by atoms with van der Waals surface area (Å²) in [5, 5.41) is 13.1. The number of nitrogens with zero attached hydrogens (tertiary/aromatic N) is 5. The Bertz CT molecular complexity index is 1110. The first-order chi connectivity index (χ1) is 15.7. The predicted octanol–water partition coefficient (Wildman–Crippen LogP) is 3.75. The van der Waals surface area contributed by atoms with Crippen molar-refractivity contribution in [3.05, 3.63) is 60.1 Å². The number of hydrogen-bond donors (Lipinski definition) is 2. The number of halogens is 4. The topological polar surface area (TPSA) is 88.3 Å². The summed E-state index contributed by atoms with van der Waals surface area (Å²) >= 11 is 0. The molecule has 2 aromatic heterocycles. The highest BCUT2D eigenvalue weighted by Crippen LogP contribution is 2.28. The lowest BCUT2D eigenvalue weighted by molar-refractivity contribution is -0.0579. The number of aromatic nitrogens is 4. The fraction of sp³-hybridized carbons (Fsp3) is 0.381. The van der Waals surface area contributed by atoms with E-state index in [2.05, 4.69) is 20.3 Å². The van der Waals surface area contributed by atoms with E-state index >= 15 is 0 Å². The smallest absolute Gasteiger partial charge is 0.266 e. The quantitative estimate of drug-likeness (QED) is 0.513. The Hall–Kier alpha value is -3.25. The van der Waals surface area contributed by atoms with Crippen molar-refractivity contribution in [2.24, 2.45) is 0 Å². The third-order valence-electron chi connectivity index (χ3n) is 5.36. The number of rotatable bonds is 7. The molecule has 4 atom stereocenters. The minimum absolute atomic E-state index is 0.0261. The van der Waals surface area contributed by atoms with Gasteiger partial charge >= 0.3 is 0 Å². The van der Waals surface area contributed by atoms with E-state index in [0.29, 0.717) is 17.2 Å². The number of benzene rings is 1. The summed E-state index contributed by atoms with van der Waals surface area (Å²) in [5.74, 6) is -0.492. The number of anilines is 2. The molecule has 1 saturated heterocycles. The molecule has 33 heavy (non-hydrogen) atoms. The Morgan fingerprint density at radius 2 is 1.97 bits per heavy atom. The van der Waals surface area contributed by atoms with E-state index in [1.54, 1.807) is 13.1 Å². The first kappa shape index (κ1) is 22.9. The summed E-state index contributed by atoms with van der Waals surface area (Å²) < 4.78 is 60.0. The van der Waals surface area contributed by atoms with Crippen LogP contribution in [0.1, 0.15) is 37.6 Å². The van der Waals surface area contributed by atoms with Gasteiger partial charge in [-0.05, 0) is 38.1 Å². The summed E-state index contributed by atoms with van der Waals surface area (Å²) in [4.78, 5) is 14.1. The fourth-order valence-corrected chi connectivity index (χ4v) is 3.53. The van der Waals surface area contributed by atoms with Crippen LogP contribution in [0.3, 0.4) is 0 Å². The van der Waals surface area contributed by atoms with Crippen LogP contribution in [-0.2, 0) is 4.74 Å². The highest BCUT2D eigenvalue weighted by molar-refractivity contribution is 5.45. The number of aliphatic hydroxyl groups excluding tert-OH is 1. The monoisotopic (exact) mass is 466 g/mol. The van der Waals surface area contributed by atoms with Crippen LogP contribution in [0, 0.1) is 5.82 Å². The zero-order valence-electron chi connectivity index (χ0n) is 17.7. The fourth-order valence-electron chi connectivity index (χ4n) is 3.53. The van der Waals surface area contributed by atoms with Crippen LogP contribution in [0.2, 0.25) is 0 Å². The average molecular weight is 466 g/mol. The number of ether oxygens (including phenoxy) is 1. The molecule has 0 spiro atoms. The van der Waals surface area contributed by atoms with Crippen LogP contribution < -0.4 is 10.2 Å². The molecule has 176 valence electrons. The molecule has 1 fully saturated rings. The van der Waals surface area contributed by atoms with Crippen LogP contribution in [0.5, 0.6) is 0 Å². The van der Waals surface area contributed by atoms with Gasteiger partial charge in [-0.3, -0.25) is 4.90 Å². The lowest BCUT2D eigenvalue weighted by atomic mass is 10.2. The molecular formula is C21H22F4N6O2. The number of nitrogens with one attached hydrogen (secondary N) is 1. The molecular weight excluding hydrogens is 444 g/mol. The van der Waals surface area contributed by atoms with Crippen molar-refractivity contribution in [1.82, 2.24) is 19.5 Å². The second-order valence-corrected chi connectivity index (χ2v) is 7.63. The van der Waals surface area contributed by atoms with Gasteiger partial charge in [0.25, 0.3) is 6.43 Å². The van der Waals surface area contributed by atoms with Gasteiger partial charge in [-0.15, -0.1) is 0 Å². The zero-order chi connectivity index (χ0) is 23.7. The summed E-state index contributed by atoms with van der Waals surface area (Å²) in [6.07, 6.45) is -0.941. The Balaban J connectivity index is 1.50. The van der Waals surface area contributed by atoms with Crippen LogP contribution in [-0.4, -0.2) is 49.9 Å². The number of imidazole rings is 1. The molecule has 0 amide bonds. The largest absolute Gasteiger partial charge is 0.351 e. The van der Waals surface area contributed by atoms with Crippen molar-refractivity contribution in [3.63, 3.8) is 0 Å². The second kappa shape index (κ2) is 9.32. The van der Waals surface area contributed by atoms with Gasteiger partial charge < -0.3 is 19.7 Å². The van der Waals surface area contributed by atoms with Crippen molar-refractivity contribution >= 4 is 11.8 Å². The van der Waals surface area contributed by atoms with E-state index < -0.39 is 36.4 Å². The average Bonchev–Trinajstić information content (AvgIpc) is 3.41. The van der Waals surface area contributed by atoms with Crippen LogP contribution in [0.15, 0.2) is 43.0 Å². The van der Waals surface area contributed by atoms with E-state index in [1.165, 1.54) is 41.0 Å². The van der Waals surface area contributed by atoms with Crippen LogP contribution >= 0.6 is 0 Å². The molecule has 4 rings (SSSR count). The SMILES string of the molecule is C[C@H](Nc1nccc(N2C(O)OC[C@@H]2[C@H](C)F)n1)c1cn(-c2ccc(C(F)F)c(F)c2)cn1. The number of hydrogen-bond acceptors (Lipinski definition) is 7. The van der Waals surface area contributed by atoms with Gasteiger partial charge in [-0.1, -0.05) is 0 Å². The lowest BCUT2D eigenvalue weighted by Gasteiger charge is -2.27. The highest BCUT2D eigenvalue weighted by Gasteiger charge is 2.38. The molecule has 2 N–H and O–H groups in total. The van der Waals surface area contributed by atoms with Gasteiger partial charge in [0.15, 0.2) is 0 Å². The highest BCUT2D eigenvalue weighted by atomic mass is 19.3. The third-order valence-corrected chi connectivity index (χ3v) is 5.36. The Morgan fingerprint density at radius 3 is 2.67 bits per heavy atom. The molecule has 1 aromatic carbocycles. The summed E-state index contributed by atoms with van der Waals surface area (Å²) in [6.45, 7) is 3.20. The van der Waals surface area contributed by atoms with E-state index in [9.17, 15) is 22.7 Å². The zero-order valence-corrected chi connectivity index (χ0v) is 17.7. The minimum atomic E-state index is -2.89. The molecule has 1 unspecified atom stereocenters. The van der Waals surface area contributed by atoms with Gasteiger partial charge in [0, 0.05) is 18.1 Å². The van der Waals surface area contributed by atoms with Crippen molar-refractivity contribution < 1.29 is 27.4 Å². The third kappa shape index (κ3) is 4.76. The molecule has 8 nitrogen and oxygen atoms in total. The van der Waals surface area contributed by atoms with Crippen LogP contribution in [0.25, 0.3) is 5.69 Å². The molecule has 0 radical (unpaired) electrons. The van der Waals surface area contributed by atoms with Gasteiger partial charge in [0.05, 0.1) is 36.3 Å². The molecule has 12 heteroatoms. The summed E-state index contributed by atoms with van der Waals surface area (Å²) in [6, 6.07) is 3.90. The van der Waals surface area contributed by atoms with Gasteiger partial charge in [0.1, 0.15) is 17.8 Å². The van der Waals surface area contributed by atoms with E-state index in [0.717, 1.165) is 12.1 Å². The maximum atomic E-state index is 13.9. The summed E-state index contributed by atoms with van der Waals surface area (Å²) in [5.41, 5.74) is 0.238. The maximum Gasteiger partial charge on any atom is 0.266 e. The molecule has 0 saturated carbocycles. The maximum absolute atomic E-state index is 13.9.